The lowest BCUT2D eigenvalue weighted by molar-refractivity contribution is -0.117. The van der Waals surface area contributed by atoms with Gasteiger partial charge in [0.05, 0.1) is 0 Å². The van der Waals surface area contributed by atoms with E-state index in [1.165, 1.54) is 31.0 Å². The van der Waals surface area contributed by atoms with Crippen LogP contribution in [0.2, 0.25) is 0 Å². The Hall–Kier alpha value is -1.37. The standard InChI is InChI=1S/C15H22N4O2S/c1-10(20)22-9-11-7-13(21)19(8-11)15-16-14(17-18-15)12-5-3-2-4-6-12/h11-12H,2-9H2,1H3,(H,16,17,18). The zero-order valence-corrected chi connectivity index (χ0v) is 13.7. The van der Waals surface area contributed by atoms with Crippen molar-refractivity contribution in [1.29, 1.82) is 0 Å². The summed E-state index contributed by atoms with van der Waals surface area (Å²) in [5.74, 6) is 2.83. The smallest absolute Gasteiger partial charge is 0.251 e. The van der Waals surface area contributed by atoms with Crippen LogP contribution in [-0.2, 0) is 9.59 Å². The maximum absolute atomic E-state index is 12.2. The molecular weight excluding hydrogens is 300 g/mol. The van der Waals surface area contributed by atoms with Gasteiger partial charge in [-0.3, -0.25) is 19.6 Å². The van der Waals surface area contributed by atoms with Gasteiger partial charge in [0.25, 0.3) is 5.95 Å². The van der Waals surface area contributed by atoms with Crippen LogP contribution in [0.15, 0.2) is 0 Å². The lowest BCUT2D eigenvalue weighted by Crippen LogP contribution is -2.26. The van der Waals surface area contributed by atoms with Gasteiger partial charge in [-0.2, -0.15) is 4.98 Å². The fraction of sp³-hybridized carbons (Fsp3) is 0.733. The van der Waals surface area contributed by atoms with E-state index in [9.17, 15) is 9.59 Å². The van der Waals surface area contributed by atoms with Gasteiger partial charge in [-0.25, -0.2) is 0 Å². The van der Waals surface area contributed by atoms with Crippen LogP contribution in [0.25, 0.3) is 0 Å². The van der Waals surface area contributed by atoms with Crippen LogP contribution < -0.4 is 4.90 Å². The van der Waals surface area contributed by atoms with E-state index in [0.29, 0.717) is 30.6 Å². The molecule has 1 aliphatic heterocycles. The summed E-state index contributed by atoms with van der Waals surface area (Å²) in [5.41, 5.74) is 0. The minimum atomic E-state index is 0.0587. The molecule has 1 aliphatic carbocycles. The Morgan fingerprint density at radius 3 is 2.86 bits per heavy atom. The summed E-state index contributed by atoms with van der Waals surface area (Å²) in [4.78, 5) is 29.4. The minimum Gasteiger partial charge on any atom is -0.288 e. The van der Waals surface area contributed by atoms with Crippen LogP contribution >= 0.6 is 11.8 Å². The average Bonchev–Trinajstić information content (AvgIpc) is 3.12. The largest absolute Gasteiger partial charge is 0.288 e. The molecule has 2 heterocycles. The molecule has 1 atom stereocenters. The molecule has 3 rings (SSSR count). The molecule has 0 aromatic carbocycles. The van der Waals surface area contributed by atoms with Gasteiger partial charge in [0.15, 0.2) is 5.12 Å². The third-order valence-electron chi connectivity index (χ3n) is 4.45. The summed E-state index contributed by atoms with van der Waals surface area (Å²) >= 11 is 1.29. The third-order valence-corrected chi connectivity index (χ3v) is 5.50. The first-order chi connectivity index (χ1) is 10.6. The van der Waals surface area contributed by atoms with Gasteiger partial charge in [0.2, 0.25) is 5.91 Å². The fourth-order valence-electron chi connectivity index (χ4n) is 3.27. The quantitative estimate of drug-likeness (QED) is 0.921. The van der Waals surface area contributed by atoms with E-state index in [1.54, 1.807) is 11.8 Å². The summed E-state index contributed by atoms with van der Waals surface area (Å²) in [6.07, 6.45) is 6.58. The number of carbonyl (C=O) groups is 2. The maximum atomic E-state index is 12.2. The number of nitrogens with one attached hydrogen (secondary N) is 1. The van der Waals surface area contributed by atoms with Crippen molar-refractivity contribution in [2.75, 3.05) is 17.2 Å². The van der Waals surface area contributed by atoms with Crippen LogP contribution in [0.1, 0.15) is 57.2 Å². The zero-order chi connectivity index (χ0) is 15.5. The normalized spacial score (nSPS) is 23.2. The molecule has 7 heteroatoms. The van der Waals surface area contributed by atoms with E-state index >= 15 is 0 Å². The van der Waals surface area contributed by atoms with Crippen LogP contribution in [0.3, 0.4) is 0 Å². The van der Waals surface area contributed by atoms with Gasteiger partial charge < -0.3 is 0 Å². The van der Waals surface area contributed by atoms with E-state index in [1.807, 2.05) is 0 Å². The molecule has 120 valence electrons. The van der Waals surface area contributed by atoms with Crippen LogP contribution in [0.5, 0.6) is 0 Å². The average molecular weight is 322 g/mol. The molecule has 6 nitrogen and oxygen atoms in total. The number of amides is 1. The van der Waals surface area contributed by atoms with E-state index in [4.69, 9.17) is 0 Å². The van der Waals surface area contributed by atoms with Crippen molar-refractivity contribution in [3.8, 4) is 0 Å². The molecule has 2 aliphatic rings. The molecule has 22 heavy (non-hydrogen) atoms. The zero-order valence-electron chi connectivity index (χ0n) is 12.9. The molecule has 1 aromatic heterocycles. The van der Waals surface area contributed by atoms with Crippen molar-refractivity contribution in [2.45, 2.75) is 51.4 Å². The predicted octanol–water partition coefficient (Wildman–Crippen LogP) is 2.49. The Morgan fingerprint density at radius 1 is 1.36 bits per heavy atom. The molecule has 0 spiro atoms. The number of carbonyl (C=O) groups excluding carboxylic acids is 2. The van der Waals surface area contributed by atoms with E-state index in [0.717, 1.165) is 18.7 Å². The number of anilines is 1. The number of H-pyrrole nitrogens is 1. The van der Waals surface area contributed by atoms with Crippen molar-refractivity contribution < 1.29 is 9.59 Å². The monoisotopic (exact) mass is 322 g/mol. The highest BCUT2D eigenvalue weighted by molar-refractivity contribution is 8.13. The summed E-state index contributed by atoms with van der Waals surface area (Å²) in [5, 5.41) is 7.37. The van der Waals surface area contributed by atoms with Gasteiger partial charge in [0, 0.05) is 31.6 Å². The number of thioether (sulfide) groups is 1. The number of rotatable bonds is 4. The molecule has 1 saturated carbocycles. The first kappa shape index (κ1) is 15.5. The predicted molar refractivity (Wildman–Crippen MR) is 85.8 cm³/mol. The number of aromatic amines is 1. The van der Waals surface area contributed by atoms with Crippen molar-refractivity contribution in [2.24, 2.45) is 5.92 Å². The van der Waals surface area contributed by atoms with Crippen molar-refractivity contribution in [3.05, 3.63) is 5.82 Å². The second kappa shape index (κ2) is 6.81. The first-order valence-electron chi connectivity index (χ1n) is 7.99. The second-order valence-corrected chi connectivity index (χ2v) is 7.43. The van der Waals surface area contributed by atoms with Gasteiger partial charge in [-0.05, 0) is 18.8 Å². The third kappa shape index (κ3) is 3.51. The highest BCUT2D eigenvalue weighted by Crippen LogP contribution is 2.32. The topological polar surface area (TPSA) is 79.0 Å². The van der Waals surface area contributed by atoms with Gasteiger partial charge in [-0.1, -0.05) is 31.0 Å². The lowest BCUT2D eigenvalue weighted by atomic mass is 9.89. The summed E-state index contributed by atoms with van der Waals surface area (Å²) in [6, 6.07) is 0. The van der Waals surface area contributed by atoms with Crippen LogP contribution in [-0.4, -0.2) is 38.5 Å². The molecule has 0 bridgehead atoms. The summed E-state index contributed by atoms with van der Waals surface area (Å²) < 4.78 is 0. The Balaban J connectivity index is 1.63. The number of hydrogen-bond acceptors (Lipinski definition) is 5. The molecule has 1 amide bonds. The second-order valence-electron chi connectivity index (χ2n) is 6.23. The highest BCUT2D eigenvalue weighted by Gasteiger charge is 2.33. The maximum Gasteiger partial charge on any atom is 0.251 e. The van der Waals surface area contributed by atoms with Crippen LogP contribution in [0, 0.1) is 5.92 Å². The SMILES string of the molecule is CC(=O)SCC1CC(=O)N(c2n[nH]c(C3CCCCC3)n2)C1. The van der Waals surface area contributed by atoms with Crippen molar-refractivity contribution in [1.82, 2.24) is 15.2 Å². The molecule has 1 unspecified atom stereocenters. The number of nitrogens with zero attached hydrogens (tertiary/aromatic N) is 3. The molecule has 2 fully saturated rings. The van der Waals surface area contributed by atoms with E-state index < -0.39 is 0 Å². The van der Waals surface area contributed by atoms with E-state index in [-0.39, 0.29) is 16.9 Å². The highest BCUT2D eigenvalue weighted by atomic mass is 32.2. The first-order valence-corrected chi connectivity index (χ1v) is 8.98. The number of hydrogen-bond donors (Lipinski definition) is 1. The van der Waals surface area contributed by atoms with Crippen molar-refractivity contribution in [3.63, 3.8) is 0 Å². The summed E-state index contributed by atoms with van der Waals surface area (Å²) in [7, 11) is 0. The Morgan fingerprint density at radius 2 is 2.14 bits per heavy atom. The van der Waals surface area contributed by atoms with Gasteiger partial charge in [0.1, 0.15) is 5.82 Å². The molecule has 1 N–H and O–H groups in total. The number of aromatic nitrogens is 3. The van der Waals surface area contributed by atoms with E-state index in [2.05, 4.69) is 15.2 Å². The van der Waals surface area contributed by atoms with Crippen LogP contribution in [0.4, 0.5) is 5.95 Å². The Labute approximate surface area is 134 Å². The minimum absolute atomic E-state index is 0.0587. The van der Waals surface area contributed by atoms with Gasteiger partial charge in [-0.15, -0.1) is 5.10 Å². The van der Waals surface area contributed by atoms with Crippen molar-refractivity contribution >= 4 is 28.7 Å². The molecule has 1 saturated heterocycles. The molecular formula is C15H22N4O2S. The fourth-order valence-corrected chi connectivity index (χ4v) is 3.96. The molecule has 0 radical (unpaired) electrons. The van der Waals surface area contributed by atoms with Gasteiger partial charge >= 0.3 is 0 Å². The Bertz CT molecular complexity index is 553. The lowest BCUT2D eigenvalue weighted by Gasteiger charge is -2.18. The summed E-state index contributed by atoms with van der Waals surface area (Å²) in [6.45, 7) is 2.17. The Kier molecular flexibility index (Phi) is 4.81. The molecule has 1 aromatic rings.